The van der Waals surface area contributed by atoms with Crippen LogP contribution < -0.4 is 16.0 Å². The van der Waals surface area contributed by atoms with Crippen LogP contribution in [0.4, 0.5) is 0 Å². The molecular weight excluding hydrogens is 548 g/mol. The Labute approximate surface area is 255 Å². The van der Waals surface area contributed by atoms with Crippen molar-refractivity contribution < 1.29 is 28.8 Å². The van der Waals surface area contributed by atoms with Gasteiger partial charge in [-0.15, -0.1) is 0 Å². The van der Waals surface area contributed by atoms with Gasteiger partial charge in [0.1, 0.15) is 35.7 Å². The molecule has 236 valence electrons. The first-order chi connectivity index (χ1) is 20.6. The number of nitrogens with one attached hydrogen (secondary N) is 3. The highest BCUT2D eigenvalue weighted by atomic mass is 16.2. The molecule has 2 aliphatic heterocycles. The third-order valence-corrected chi connectivity index (χ3v) is 8.65. The molecule has 0 aromatic heterocycles. The molecule has 1 aromatic rings. The van der Waals surface area contributed by atoms with Crippen molar-refractivity contribution in [2.24, 2.45) is 5.92 Å². The molecule has 3 N–H and O–H groups in total. The van der Waals surface area contributed by atoms with Crippen molar-refractivity contribution in [3.05, 3.63) is 35.9 Å². The van der Waals surface area contributed by atoms with Gasteiger partial charge in [0.15, 0.2) is 0 Å². The van der Waals surface area contributed by atoms with Gasteiger partial charge in [-0.2, -0.15) is 0 Å². The molecule has 10 heteroatoms. The SMILES string of the molecule is CCC(=O)CCCCC[C@@H]1NC(=O)[C@H]2CCCCN2C(=O)[C@H]([C@@H](C)CC)NC(=O)[C@H](CC(=O)Cc2ccccc2)NC1=O. The fraction of sp³-hybridized carbons (Fsp3) is 0.636. The van der Waals surface area contributed by atoms with Crippen LogP contribution in [0.25, 0.3) is 0 Å². The number of benzene rings is 1. The molecule has 0 radical (unpaired) electrons. The van der Waals surface area contributed by atoms with E-state index in [0.29, 0.717) is 57.9 Å². The van der Waals surface area contributed by atoms with Crippen LogP contribution in [-0.4, -0.2) is 70.8 Å². The third kappa shape index (κ3) is 10.0. The van der Waals surface area contributed by atoms with Gasteiger partial charge in [0.05, 0.1) is 0 Å². The van der Waals surface area contributed by atoms with E-state index < -0.39 is 36.0 Å². The van der Waals surface area contributed by atoms with Crippen molar-refractivity contribution in [2.75, 3.05) is 6.54 Å². The molecule has 10 nitrogen and oxygen atoms in total. The molecule has 43 heavy (non-hydrogen) atoms. The Morgan fingerprint density at radius 3 is 2.26 bits per heavy atom. The van der Waals surface area contributed by atoms with Gasteiger partial charge in [-0.3, -0.25) is 28.8 Å². The van der Waals surface area contributed by atoms with Gasteiger partial charge in [0, 0.05) is 32.2 Å². The normalized spacial score (nSPS) is 24.0. The lowest BCUT2D eigenvalue weighted by Crippen LogP contribution is -2.64. The number of Topliss-reactive ketones (excluding diaryl/α,β-unsaturated/α-hetero) is 2. The molecule has 0 bridgehead atoms. The molecule has 4 amide bonds. The zero-order chi connectivity index (χ0) is 31.4. The maximum absolute atomic E-state index is 13.9. The molecule has 2 heterocycles. The van der Waals surface area contributed by atoms with Crippen molar-refractivity contribution >= 4 is 35.2 Å². The largest absolute Gasteiger partial charge is 0.343 e. The van der Waals surface area contributed by atoms with Gasteiger partial charge in [0.25, 0.3) is 0 Å². The predicted molar refractivity (Wildman–Crippen MR) is 163 cm³/mol. The van der Waals surface area contributed by atoms with E-state index in [4.69, 9.17) is 0 Å². The second-order valence-electron chi connectivity index (χ2n) is 11.9. The van der Waals surface area contributed by atoms with Crippen molar-refractivity contribution in [3.63, 3.8) is 0 Å². The number of ketones is 2. The highest BCUT2D eigenvalue weighted by Gasteiger charge is 2.41. The summed E-state index contributed by atoms with van der Waals surface area (Å²) in [6.45, 7) is 6.01. The first kappa shape index (κ1) is 33.9. The summed E-state index contributed by atoms with van der Waals surface area (Å²) in [6, 6.07) is 5.37. The summed E-state index contributed by atoms with van der Waals surface area (Å²) in [5.74, 6) is -2.12. The first-order valence-corrected chi connectivity index (χ1v) is 15.9. The monoisotopic (exact) mass is 596 g/mol. The highest BCUT2D eigenvalue weighted by Crippen LogP contribution is 2.22. The lowest BCUT2D eigenvalue weighted by atomic mass is 9.93. The van der Waals surface area contributed by atoms with E-state index in [1.165, 1.54) is 0 Å². The number of hydrogen-bond donors (Lipinski definition) is 3. The molecule has 0 unspecified atom stereocenters. The molecule has 1 aromatic carbocycles. The number of piperidine rings is 1. The summed E-state index contributed by atoms with van der Waals surface area (Å²) >= 11 is 0. The van der Waals surface area contributed by atoms with Gasteiger partial charge in [-0.25, -0.2) is 0 Å². The molecule has 3 rings (SSSR count). The second-order valence-corrected chi connectivity index (χ2v) is 11.9. The fourth-order valence-electron chi connectivity index (χ4n) is 5.75. The van der Waals surface area contributed by atoms with Crippen LogP contribution in [-0.2, 0) is 35.2 Å². The van der Waals surface area contributed by atoms with Gasteiger partial charge in [-0.1, -0.05) is 70.4 Å². The maximum Gasteiger partial charge on any atom is 0.246 e. The zero-order valence-electron chi connectivity index (χ0n) is 25.9. The van der Waals surface area contributed by atoms with E-state index in [1.807, 2.05) is 51.1 Å². The lowest BCUT2D eigenvalue weighted by molar-refractivity contribution is -0.148. The maximum atomic E-state index is 13.9. The quantitative estimate of drug-likeness (QED) is 0.299. The zero-order valence-corrected chi connectivity index (χ0v) is 25.9. The Bertz CT molecular complexity index is 1140. The van der Waals surface area contributed by atoms with Crippen LogP contribution >= 0.6 is 0 Å². The Morgan fingerprint density at radius 2 is 1.56 bits per heavy atom. The molecule has 2 aliphatic rings. The Balaban J connectivity index is 1.87. The summed E-state index contributed by atoms with van der Waals surface area (Å²) in [5, 5.41) is 8.47. The van der Waals surface area contributed by atoms with E-state index in [1.54, 1.807) is 4.90 Å². The smallest absolute Gasteiger partial charge is 0.246 e. The van der Waals surface area contributed by atoms with Gasteiger partial charge >= 0.3 is 0 Å². The molecular formula is C33H48N4O6. The van der Waals surface area contributed by atoms with E-state index in [2.05, 4.69) is 16.0 Å². The van der Waals surface area contributed by atoms with Crippen LogP contribution in [0.5, 0.6) is 0 Å². The number of amides is 4. The van der Waals surface area contributed by atoms with E-state index in [-0.39, 0.29) is 42.1 Å². The van der Waals surface area contributed by atoms with Crippen molar-refractivity contribution in [1.29, 1.82) is 0 Å². The predicted octanol–water partition coefficient (Wildman–Crippen LogP) is 3.01. The summed E-state index contributed by atoms with van der Waals surface area (Å²) in [5.41, 5.74) is 0.794. The highest BCUT2D eigenvalue weighted by molar-refractivity contribution is 5.99. The van der Waals surface area contributed by atoms with E-state index in [0.717, 1.165) is 18.4 Å². The minimum absolute atomic E-state index is 0.0975. The third-order valence-electron chi connectivity index (χ3n) is 8.65. The summed E-state index contributed by atoms with van der Waals surface area (Å²) < 4.78 is 0. The first-order valence-electron chi connectivity index (χ1n) is 15.9. The van der Waals surface area contributed by atoms with E-state index in [9.17, 15) is 28.8 Å². The number of hydrogen-bond acceptors (Lipinski definition) is 6. The fourth-order valence-corrected chi connectivity index (χ4v) is 5.75. The summed E-state index contributed by atoms with van der Waals surface area (Å²) in [4.78, 5) is 81.1. The van der Waals surface area contributed by atoms with Crippen LogP contribution in [0.3, 0.4) is 0 Å². The Kier molecular flexibility index (Phi) is 13.3. The van der Waals surface area contributed by atoms with Crippen molar-refractivity contribution in [1.82, 2.24) is 20.9 Å². The number of rotatable bonds is 13. The van der Waals surface area contributed by atoms with Gasteiger partial charge in [0.2, 0.25) is 23.6 Å². The van der Waals surface area contributed by atoms with Crippen LogP contribution in [0.15, 0.2) is 30.3 Å². The van der Waals surface area contributed by atoms with Crippen LogP contribution in [0.2, 0.25) is 0 Å². The van der Waals surface area contributed by atoms with Crippen molar-refractivity contribution in [3.8, 4) is 0 Å². The molecule has 2 fully saturated rings. The number of fused-ring (bicyclic) bond motifs is 1. The molecule has 0 saturated carbocycles. The Morgan fingerprint density at radius 1 is 0.860 bits per heavy atom. The molecule has 5 atom stereocenters. The van der Waals surface area contributed by atoms with Crippen molar-refractivity contribution in [2.45, 2.75) is 122 Å². The number of carbonyl (C=O) groups is 6. The average molecular weight is 597 g/mol. The number of unbranched alkanes of at least 4 members (excludes halogenated alkanes) is 2. The van der Waals surface area contributed by atoms with E-state index >= 15 is 0 Å². The molecule has 0 aliphatic carbocycles. The average Bonchev–Trinajstić information content (AvgIpc) is 3.01. The molecule has 2 saturated heterocycles. The lowest BCUT2D eigenvalue weighted by Gasteiger charge is -2.39. The molecule has 0 spiro atoms. The van der Waals surface area contributed by atoms with Gasteiger partial charge in [-0.05, 0) is 43.6 Å². The topological polar surface area (TPSA) is 142 Å². The van der Waals surface area contributed by atoms with Crippen LogP contribution in [0, 0.1) is 5.92 Å². The van der Waals surface area contributed by atoms with Gasteiger partial charge < -0.3 is 20.9 Å². The minimum Gasteiger partial charge on any atom is -0.343 e. The number of carbonyl (C=O) groups excluding carboxylic acids is 6. The summed E-state index contributed by atoms with van der Waals surface area (Å²) in [7, 11) is 0. The number of nitrogens with zero attached hydrogens (tertiary/aromatic N) is 1. The standard InChI is InChI=1S/C33H48N4O6/c1-4-22(3)29-33(43)37-19-13-12-18-28(37)32(42)34-26(17-11-7-10-16-24(38)5-2)30(40)35-27(31(41)36-29)21-25(39)20-23-14-8-6-9-15-23/h6,8-9,14-15,22,26-29H,4-5,7,10-13,16-21H2,1-3H3,(H,34,42)(H,35,40)(H,36,41)/t22-,26-,27-,28+,29-/m0/s1. The van der Waals surface area contributed by atoms with Crippen LogP contribution in [0.1, 0.15) is 97.0 Å². The minimum atomic E-state index is -1.21. The summed E-state index contributed by atoms with van der Waals surface area (Å²) in [6.07, 6.45) is 5.70. The second kappa shape index (κ2) is 16.9. The Hall–Kier alpha value is -3.56.